The van der Waals surface area contributed by atoms with E-state index in [0.29, 0.717) is 22.6 Å². The summed E-state index contributed by atoms with van der Waals surface area (Å²) < 4.78 is 8.94. The molecule has 5 N–H and O–H groups in total. The number of nitrogen functional groups attached to an aromatic ring is 1. The molecule has 1 aliphatic heterocycles. The molecule has 0 radical (unpaired) electrons. The van der Waals surface area contributed by atoms with Gasteiger partial charge in [0.15, 0.2) is 23.5 Å². The fourth-order valence-corrected chi connectivity index (χ4v) is 4.05. The summed E-state index contributed by atoms with van der Waals surface area (Å²) in [6.07, 6.45) is 2.49. The Hall–Kier alpha value is -3.38. The van der Waals surface area contributed by atoms with Crippen LogP contribution in [0.25, 0.3) is 22.6 Å². The lowest BCUT2D eigenvalue weighted by atomic mass is 10.1. The maximum absolute atomic E-state index is 10.4. The second kappa shape index (κ2) is 8.87. The molecule has 0 amide bonds. The van der Waals surface area contributed by atoms with Crippen molar-refractivity contribution < 1.29 is 20.1 Å². The molecule has 1 aliphatic rings. The van der Waals surface area contributed by atoms with Crippen molar-refractivity contribution in [2.24, 2.45) is 0 Å². The van der Waals surface area contributed by atoms with Gasteiger partial charge >= 0.3 is 0 Å². The molecule has 3 aromatic heterocycles. The predicted molar refractivity (Wildman–Crippen MR) is 119 cm³/mol. The molecule has 1 saturated heterocycles. The fraction of sp³-hybridized carbons (Fsp3) is 0.364. The number of aromatic nitrogens is 6. The van der Waals surface area contributed by atoms with Gasteiger partial charge in [0.05, 0.1) is 24.7 Å². The van der Waals surface area contributed by atoms with Gasteiger partial charge in [-0.25, -0.2) is 15.0 Å². The van der Waals surface area contributed by atoms with E-state index in [4.69, 9.17) is 10.5 Å². The molecule has 33 heavy (non-hydrogen) atoms. The third-order valence-electron chi connectivity index (χ3n) is 5.83. The zero-order valence-electron chi connectivity index (χ0n) is 17.8. The summed E-state index contributed by atoms with van der Waals surface area (Å²) in [7, 11) is 0. The van der Waals surface area contributed by atoms with Crippen LogP contribution >= 0.6 is 0 Å². The topological polar surface area (TPSA) is 157 Å². The minimum Gasteiger partial charge on any atom is -0.394 e. The molecule has 4 atom stereocenters. The summed E-state index contributed by atoms with van der Waals surface area (Å²) in [5.41, 5.74) is 8.80. The molecule has 4 aromatic rings. The quantitative estimate of drug-likeness (QED) is 0.314. The van der Waals surface area contributed by atoms with Crippen LogP contribution in [0, 0.1) is 0 Å². The number of nitrogens with zero attached hydrogens (tertiary/aromatic N) is 6. The number of aliphatic hydroxyl groups is 3. The normalized spacial score (nSPS) is 22.9. The predicted octanol–water partition coefficient (Wildman–Crippen LogP) is 0.516. The molecule has 0 spiro atoms. The van der Waals surface area contributed by atoms with Gasteiger partial charge in [0, 0.05) is 12.7 Å². The zero-order chi connectivity index (χ0) is 22.9. The molecule has 0 saturated carbocycles. The highest BCUT2D eigenvalue weighted by molar-refractivity contribution is 5.83. The van der Waals surface area contributed by atoms with Gasteiger partial charge in [0.1, 0.15) is 23.8 Å². The molecule has 0 aliphatic carbocycles. The van der Waals surface area contributed by atoms with Crippen molar-refractivity contribution in [1.82, 2.24) is 29.3 Å². The lowest BCUT2D eigenvalue weighted by molar-refractivity contribution is -0.0511. The number of aliphatic hydroxyl groups excluding tert-OH is 3. The summed E-state index contributed by atoms with van der Waals surface area (Å²) in [6.45, 7) is 0.320. The lowest BCUT2D eigenvalue weighted by Gasteiger charge is -2.16. The Bertz CT molecular complexity index is 1240. The van der Waals surface area contributed by atoms with E-state index in [0.717, 1.165) is 19.4 Å². The van der Waals surface area contributed by atoms with Gasteiger partial charge in [-0.1, -0.05) is 30.3 Å². The smallest absolute Gasteiger partial charge is 0.168 e. The molecule has 1 aromatic carbocycles. The first-order chi connectivity index (χ1) is 16.0. The van der Waals surface area contributed by atoms with E-state index in [9.17, 15) is 15.3 Å². The fourth-order valence-electron chi connectivity index (χ4n) is 4.05. The van der Waals surface area contributed by atoms with Crippen molar-refractivity contribution in [1.29, 1.82) is 0 Å². The van der Waals surface area contributed by atoms with Crippen LogP contribution in [0.4, 0.5) is 5.82 Å². The van der Waals surface area contributed by atoms with Gasteiger partial charge < -0.3 is 25.8 Å². The first kappa shape index (κ1) is 21.5. The van der Waals surface area contributed by atoms with Gasteiger partial charge in [-0.15, -0.1) is 0 Å². The minimum absolute atomic E-state index is 0.178. The number of imidazole rings is 1. The Kier molecular flexibility index (Phi) is 5.77. The number of fused-ring (bicyclic) bond motifs is 1. The summed E-state index contributed by atoms with van der Waals surface area (Å²) in [5.74, 6) is 0.542. The molecule has 1 fully saturated rings. The molecular formula is C22H25N7O4. The monoisotopic (exact) mass is 451 g/mol. The van der Waals surface area contributed by atoms with Crippen molar-refractivity contribution >= 4 is 17.0 Å². The van der Waals surface area contributed by atoms with Crippen molar-refractivity contribution in [3.05, 3.63) is 54.6 Å². The van der Waals surface area contributed by atoms with E-state index in [1.807, 2.05) is 29.1 Å². The Morgan fingerprint density at radius 2 is 1.91 bits per heavy atom. The average molecular weight is 451 g/mol. The molecule has 11 nitrogen and oxygen atoms in total. The zero-order valence-corrected chi connectivity index (χ0v) is 17.8. The molecule has 4 heterocycles. The second-order valence-electron chi connectivity index (χ2n) is 8.07. The van der Waals surface area contributed by atoms with Crippen molar-refractivity contribution in [2.75, 3.05) is 12.3 Å². The Morgan fingerprint density at radius 1 is 1.09 bits per heavy atom. The van der Waals surface area contributed by atoms with Crippen LogP contribution in [0.3, 0.4) is 0 Å². The van der Waals surface area contributed by atoms with Gasteiger partial charge in [-0.2, -0.15) is 5.10 Å². The Morgan fingerprint density at radius 3 is 2.67 bits per heavy atom. The van der Waals surface area contributed by atoms with E-state index in [-0.39, 0.29) is 5.82 Å². The summed E-state index contributed by atoms with van der Waals surface area (Å²) in [4.78, 5) is 13.2. The lowest BCUT2D eigenvalue weighted by Crippen LogP contribution is -2.33. The number of ether oxygens (including phenoxy) is 1. The van der Waals surface area contributed by atoms with Gasteiger partial charge in [0.2, 0.25) is 0 Å². The Balaban J connectivity index is 1.38. The van der Waals surface area contributed by atoms with Crippen LogP contribution < -0.4 is 5.73 Å². The first-order valence-corrected chi connectivity index (χ1v) is 10.7. The van der Waals surface area contributed by atoms with E-state index >= 15 is 0 Å². The molecule has 11 heteroatoms. The number of rotatable bonds is 7. The van der Waals surface area contributed by atoms with E-state index < -0.39 is 31.1 Å². The van der Waals surface area contributed by atoms with Crippen LogP contribution in [0.15, 0.2) is 49.1 Å². The molecule has 1 unspecified atom stereocenters. The summed E-state index contributed by atoms with van der Waals surface area (Å²) >= 11 is 0. The Labute approximate surface area is 189 Å². The number of hydrogen-bond acceptors (Lipinski definition) is 9. The third-order valence-corrected chi connectivity index (χ3v) is 5.83. The maximum atomic E-state index is 10.4. The molecule has 5 rings (SSSR count). The molecule has 0 bridgehead atoms. The molecular weight excluding hydrogens is 426 g/mol. The average Bonchev–Trinajstić information content (AvgIpc) is 3.53. The van der Waals surface area contributed by atoms with E-state index in [1.165, 1.54) is 16.5 Å². The SMILES string of the molecule is Nc1nc(-c2cnn(CCCc3ccccc3)c2)nc2c1ncn2[C@@H]1OC(CO)[C@@H](O)[C@H]1O. The van der Waals surface area contributed by atoms with Crippen molar-refractivity contribution in [3.8, 4) is 11.4 Å². The number of hydrogen-bond donors (Lipinski definition) is 4. The number of benzene rings is 1. The highest BCUT2D eigenvalue weighted by Crippen LogP contribution is 2.32. The first-order valence-electron chi connectivity index (χ1n) is 10.7. The largest absolute Gasteiger partial charge is 0.394 e. The number of aryl methyl sites for hydroxylation is 2. The maximum Gasteiger partial charge on any atom is 0.168 e. The highest BCUT2D eigenvalue weighted by Gasteiger charge is 2.44. The van der Waals surface area contributed by atoms with Crippen LogP contribution in [-0.2, 0) is 17.7 Å². The minimum atomic E-state index is -1.26. The van der Waals surface area contributed by atoms with Gasteiger partial charge in [0.25, 0.3) is 0 Å². The number of nitrogens with two attached hydrogens (primary N) is 1. The van der Waals surface area contributed by atoms with Crippen LogP contribution in [0.1, 0.15) is 18.2 Å². The van der Waals surface area contributed by atoms with Crippen molar-refractivity contribution in [3.63, 3.8) is 0 Å². The number of anilines is 1. The summed E-state index contributed by atoms with van der Waals surface area (Å²) in [6, 6.07) is 10.3. The standard InChI is InChI=1S/C22H25N7O4/c23-19-16-21(29(12-24-16)22-18(32)17(31)15(11-30)33-22)27-20(26-19)14-9-25-28(10-14)8-4-7-13-5-2-1-3-6-13/h1-3,5-6,9-10,12,15,17-18,22,30-32H,4,7-8,11H2,(H2,23,26,27)/t15?,17-,18-,22-/m1/s1. The highest BCUT2D eigenvalue weighted by atomic mass is 16.6. The third kappa shape index (κ3) is 4.07. The van der Waals surface area contributed by atoms with Gasteiger partial charge in [-0.3, -0.25) is 9.25 Å². The van der Waals surface area contributed by atoms with E-state index in [2.05, 4.69) is 32.2 Å². The van der Waals surface area contributed by atoms with Crippen molar-refractivity contribution in [2.45, 2.75) is 43.9 Å². The van der Waals surface area contributed by atoms with Crippen LogP contribution in [0.5, 0.6) is 0 Å². The van der Waals surface area contributed by atoms with E-state index in [1.54, 1.807) is 6.20 Å². The molecule has 172 valence electrons. The van der Waals surface area contributed by atoms with Crippen LogP contribution in [-0.4, -0.2) is 69.5 Å². The summed E-state index contributed by atoms with van der Waals surface area (Å²) in [5, 5.41) is 34.3. The van der Waals surface area contributed by atoms with Crippen LogP contribution in [0.2, 0.25) is 0 Å². The van der Waals surface area contributed by atoms with Gasteiger partial charge in [-0.05, 0) is 18.4 Å². The second-order valence-corrected chi connectivity index (χ2v) is 8.07.